The molecule has 35 heavy (non-hydrogen) atoms. The minimum absolute atomic E-state index is 0.203. The zero-order valence-electron chi connectivity index (χ0n) is 19.5. The maximum Gasteiger partial charge on any atom is 0.335 e. The zero-order valence-corrected chi connectivity index (χ0v) is 19.5. The van der Waals surface area contributed by atoms with Crippen molar-refractivity contribution in [2.75, 3.05) is 19.1 Å². The van der Waals surface area contributed by atoms with Crippen molar-refractivity contribution >= 4 is 29.6 Å². The fourth-order valence-corrected chi connectivity index (χ4v) is 3.51. The van der Waals surface area contributed by atoms with E-state index in [9.17, 15) is 14.4 Å². The topological polar surface area (TPSA) is 94.2 Å². The van der Waals surface area contributed by atoms with Crippen LogP contribution in [0.1, 0.15) is 16.7 Å². The molecule has 0 aromatic heterocycles. The van der Waals surface area contributed by atoms with Gasteiger partial charge in [0.15, 0.2) is 0 Å². The van der Waals surface area contributed by atoms with Gasteiger partial charge in [0, 0.05) is 11.6 Å². The highest BCUT2D eigenvalue weighted by Crippen LogP contribution is 2.30. The molecule has 0 spiro atoms. The number of ether oxygens (including phenoxy) is 3. The number of urea groups is 1. The van der Waals surface area contributed by atoms with E-state index in [1.807, 2.05) is 31.2 Å². The van der Waals surface area contributed by atoms with E-state index in [0.29, 0.717) is 28.5 Å². The number of nitrogens with zero attached hydrogens (tertiary/aromatic N) is 1. The van der Waals surface area contributed by atoms with E-state index in [1.54, 1.807) is 42.5 Å². The van der Waals surface area contributed by atoms with E-state index in [-0.39, 0.29) is 12.2 Å². The average molecular weight is 472 g/mol. The van der Waals surface area contributed by atoms with Crippen molar-refractivity contribution in [2.24, 2.45) is 0 Å². The second-order valence-electron chi connectivity index (χ2n) is 7.83. The van der Waals surface area contributed by atoms with Crippen LogP contribution >= 0.6 is 0 Å². The summed E-state index contributed by atoms with van der Waals surface area (Å²) in [5.74, 6) is 0.0137. The van der Waals surface area contributed by atoms with E-state index >= 15 is 0 Å². The third-order valence-corrected chi connectivity index (χ3v) is 5.47. The van der Waals surface area contributed by atoms with Crippen LogP contribution in [0.2, 0.25) is 0 Å². The monoisotopic (exact) mass is 472 g/mol. The molecule has 0 atom stereocenters. The van der Waals surface area contributed by atoms with Gasteiger partial charge in [0.25, 0.3) is 11.8 Å². The third kappa shape index (κ3) is 5.16. The second kappa shape index (κ2) is 10.1. The molecule has 0 unspecified atom stereocenters. The first kappa shape index (κ1) is 23.6. The lowest BCUT2D eigenvalue weighted by molar-refractivity contribution is -0.122. The van der Waals surface area contributed by atoms with Crippen molar-refractivity contribution < 1.29 is 28.6 Å². The number of hydrogen-bond acceptors (Lipinski definition) is 6. The van der Waals surface area contributed by atoms with Crippen LogP contribution in [0.25, 0.3) is 6.08 Å². The molecule has 1 heterocycles. The minimum atomic E-state index is -0.826. The summed E-state index contributed by atoms with van der Waals surface area (Å²) in [6.07, 6.45) is 1.41. The van der Waals surface area contributed by atoms with Crippen LogP contribution < -0.4 is 24.4 Å². The number of carbonyl (C=O) groups excluding carboxylic acids is 3. The highest BCUT2D eigenvalue weighted by molar-refractivity contribution is 6.39. The van der Waals surface area contributed by atoms with Crippen LogP contribution in [-0.2, 0) is 16.2 Å². The smallest absolute Gasteiger partial charge is 0.335 e. The zero-order chi connectivity index (χ0) is 24.9. The lowest BCUT2D eigenvalue weighted by atomic mass is 10.1. The molecule has 3 aromatic rings. The van der Waals surface area contributed by atoms with Gasteiger partial charge in [-0.25, -0.2) is 9.69 Å². The first-order valence-corrected chi connectivity index (χ1v) is 10.8. The Balaban J connectivity index is 1.66. The molecule has 8 heteroatoms. The first-order chi connectivity index (χ1) is 16.9. The summed E-state index contributed by atoms with van der Waals surface area (Å²) in [4.78, 5) is 39.2. The van der Waals surface area contributed by atoms with Gasteiger partial charge >= 0.3 is 6.03 Å². The molecule has 1 saturated heterocycles. The predicted molar refractivity (Wildman–Crippen MR) is 131 cm³/mol. The Morgan fingerprint density at radius 3 is 2.17 bits per heavy atom. The fraction of sp³-hybridized carbons (Fsp3) is 0.148. The lowest BCUT2D eigenvalue weighted by Crippen LogP contribution is -2.54. The Hall–Kier alpha value is -4.59. The van der Waals surface area contributed by atoms with Crippen molar-refractivity contribution in [3.63, 3.8) is 0 Å². The van der Waals surface area contributed by atoms with Gasteiger partial charge in [0.05, 0.1) is 19.9 Å². The molecule has 1 N–H and O–H groups in total. The molecule has 1 aliphatic rings. The standard InChI is InChI=1S/C27H24N2O6/c1-17-4-6-18(7-5-17)16-35-24-15-22(34-3)11-8-19(24)14-23-25(30)28-27(32)29(26(23)31)20-9-12-21(33-2)13-10-20/h4-15H,16H2,1-3H3,(H,28,30,32)/b23-14+. The van der Waals surface area contributed by atoms with Gasteiger partial charge in [-0.1, -0.05) is 29.8 Å². The van der Waals surface area contributed by atoms with Crippen molar-refractivity contribution in [3.8, 4) is 17.2 Å². The van der Waals surface area contributed by atoms with Crippen LogP contribution in [0.15, 0.2) is 72.3 Å². The minimum Gasteiger partial charge on any atom is -0.497 e. The molecule has 0 radical (unpaired) electrons. The highest BCUT2D eigenvalue weighted by atomic mass is 16.5. The average Bonchev–Trinajstić information content (AvgIpc) is 2.87. The molecule has 0 aliphatic carbocycles. The summed E-state index contributed by atoms with van der Waals surface area (Å²) in [5, 5.41) is 2.22. The van der Waals surface area contributed by atoms with Crippen molar-refractivity contribution in [2.45, 2.75) is 13.5 Å². The van der Waals surface area contributed by atoms with E-state index in [1.165, 1.54) is 20.3 Å². The molecular formula is C27H24N2O6. The number of methoxy groups -OCH3 is 2. The van der Waals surface area contributed by atoms with Crippen molar-refractivity contribution in [3.05, 3.63) is 89.0 Å². The Morgan fingerprint density at radius 1 is 0.857 bits per heavy atom. The highest BCUT2D eigenvalue weighted by Gasteiger charge is 2.37. The van der Waals surface area contributed by atoms with E-state index in [0.717, 1.165) is 16.0 Å². The number of nitrogens with one attached hydrogen (secondary N) is 1. The van der Waals surface area contributed by atoms with Gasteiger partial charge in [-0.15, -0.1) is 0 Å². The number of amides is 4. The van der Waals surface area contributed by atoms with Gasteiger partial charge in [-0.05, 0) is 55.0 Å². The van der Waals surface area contributed by atoms with Gasteiger partial charge in [0.2, 0.25) is 0 Å². The number of imide groups is 2. The molecule has 0 saturated carbocycles. The van der Waals surface area contributed by atoms with Crippen LogP contribution in [0.5, 0.6) is 17.2 Å². The Labute approximate surface area is 202 Å². The number of benzene rings is 3. The van der Waals surface area contributed by atoms with E-state index in [2.05, 4.69) is 5.32 Å². The summed E-state index contributed by atoms with van der Waals surface area (Å²) in [5.41, 5.74) is 2.68. The predicted octanol–water partition coefficient (Wildman–Crippen LogP) is 4.26. The fourth-order valence-electron chi connectivity index (χ4n) is 3.51. The lowest BCUT2D eigenvalue weighted by Gasteiger charge is -2.26. The van der Waals surface area contributed by atoms with Crippen LogP contribution in [0.3, 0.4) is 0 Å². The molecular weight excluding hydrogens is 448 g/mol. The summed E-state index contributed by atoms with van der Waals surface area (Å²) in [7, 11) is 3.05. The van der Waals surface area contributed by atoms with Crippen LogP contribution in [0.4, 0.5) is 10.5 Å². The largest absolute Gasteiger partial charge is 0.497 e. The Kier molecular flexibility index (Phi) is 6.82. The summed E-state index contributed by atoms with van der Waals surface area (Å²) in [6, 6.07) is 18.5. The van der Waals surface area contributed by atoms with E-state index < -0.39 is 17.8 Å². The van der Waals surface area contributed by atoms with Crippen molar-refractivity contribution in [1.82, 2.24) is 5.32 Å². The molecule has 8 nitrogen and oxygen atoms in total. The molecule has 0 bridgehead atoms. The summed E-state index contributed by atoms with van der Waals surface area (Å²) >= 11 is 0. The number of rotatable bonds is 7. The normalized spacial score (nSPS) is 14.7. The number of carbonyl (C=O) groups is 3. The van der Waals surface area contributed by atoms with Gasteiger partial charge in [-0.2, -0.15) is 0 Å². The Bertz CT molecular complexity index is 1300. The number of aryl methyl sites for hydroxylation is 1. The second-order valence-corrected chi connectivity index (χ2v) is 7.83. The number of barbiturate groups is 1. The summed E-state index contributed by atoms with van der Waals surface area (Å²) < 4.78 is 16.4. The summed E-state index contributed by atoms with van der Waals surface area (Å²) in [6.45, 7) is 2.28. The molecule has 4 amide bonds. The van der Waals surface area contributed by atoms with Crippen molar-refractivity contribution in [1.29, 1.82) is 0 Å². The van der Waals surface area contributed by atoms with Gasteiger partial charge < -0.3 is 14.2 Å². The molecule has 1 fully saturated rings. The van der Waals surface area contributed by atoms with Gasteiger partial charge in [0.1, 0.15) is 29.4 Å². The maximum absolute atomic E-state index is 13.2. The third-order valence-electron chi connectivity index (χ3n) is 5.47. The molecule has 1 aliphatic heterocycles. The maximum atomic E-state index is 13.2. The van der Waals surface area contributed by atoms with Crippen LogP contribution in [-0.4, -0.2) is 32.1 Å². The number of anilines is 1. The SMILES string of the molecule is COc1ccc(N2C(=O)NC(=O)/C(=C\c3ccc(OC)cc3OCc3ccc(C)cc3)C2=O)cc1. The van der Waals surface area contributed by atoms with Gasteiger partial charge in [-0.3, -0.25) is 14.9 Å². The quantitative estimate of drug-likeness (QED) is 0.408. The number of hydrogen-bond donors (Lipinski definition) is 1. The van der Waals surface area contributed by atoms with Crippen LogP contribution in [0, 0.1) is 6.92 Å². The molecule has 3 aromatic carbocycles. The first-order valence-electron chi connectivity index (χ1n) is 10.8. The Morgan fingerprint density at radius 2 is 1.51 bits per heavy atom. The molecule has 178 valence electrons. The molecule has 4 rings (SSSR count). The van der Waals surface area contributed by atoms with E-state index in [4.69, 9.17) is 14.2 Å².